The first-order valence-corrected chi connectivity index (χ1v) is 3.36. The van der Waals surface area contributed by atoms with Crippen molar-refractivity contribution in [1.82, 2.24) is 5.45 Å². The van der Waals surface area contributed by atoms with Gasteiger partial charge in [0.15, 0.2) is 5.45 Å². The van der Waals surface area contributed by atoms with Gasteiger partial charge in [0.25, 0.3) is 0 Å². The van der Waals surface area contributed by atoms with Gasteiger partial charge >= 0.3 is 0 Å². The minimum Gasteiger partial charge on any atom is -0.497 e. The lowest BCUT2D eigenvalue weighted by molar-refractivity contribution is -0.196. The van der Waals surface area contributed by atoms with Crippen molar-refractivity contribution in [3.63, 3.8) is 0 Å². The molecule has 0 radical (unpaired) electrons. The van der Waals surface area contributed by atoms with Gasteiger partial charge in [0.1, 0.15) is 5.75 Å². The molecule has 0 N–H and O–H groups in total. The minimum absolute atomic E-state index is 0.272. The van der Waals surface area contributed by atoms with Gasteiger partial charge in [0, 0.05) is 0 Å². The van der Waals surface area contributed by atoms with E-state index in [1.165, 1.54) is 31.4 Å². The average Bonchev–Trinajstić information content (AvgIpc) is 2.17. The highest BCUT2D eigenvalue weighted by Gasteiger charge is 2.13. The summed E-state index contributed by atoms with van der Waals surface area (Å²) in [7, 11) is 1.43. The van der Waals surface area contributed by atoms with Gasteiger partial charge < -0.3 is 4.74 Å². The molecule has 6 heteroatoms. The fourth-order valence-electron chi connectivity index (χ4n) is 0.793. The van der Waals surface area contributed by atoms with Crippen LogP contribution in [0.1, 0.15) is 0 Å². The first-order valence-electron chi connectivity index (χ1n) is 3.36. The first-order chi connectivity index (χ1) is 6.15. The monoisotopic (exact) mass is 192 g/mol. The van der Waals surface area contributed by atoms with Crippen molar-refractivity contribution in [2.45, 2.75) is 0 Å². The SMILES string of the molecule is COc1ccc(N(F)N(F)F)cc1. The van der Waals surface area contributed by atoms with E-state index >= 15 is 0 Å². The molecular formula is C7H7F3N2O. The number of hydrazine groups is 1. The van der Waals surface area contributed by atoms with E-state index in [4.69, 9.17) is 4.74 Å². The minimum atomic E-state index is -1.65. The Kier molecular flexibility index (Phi) is 2.97. The quantitative estimate of drug-likeness (QED) is 0.540. The summed E-state index contributed by atoms with van der Waals surface area (Å²) in [6.45, 7) is 0. The maximum absolute atomic E-state index is 12.5. The van der Waals surface area contributed by atoms with Gasteiger partial charge in [-0.25, -0.2) is 0 Å². The maximum Gasteiger partial charge on any atom is 0.151 e. The van der Waals surface area contributed by atoms with Crippen molar-refractivity contribution in [3.05, 3.63) is 24.3 Å². The van der Waals surface area contributed by atoms with Crippen molar-refractivity contribution in [3.8, 4) is 5.75 Å². The van der Waals surface area contributed by atoms with Crippen molar-refractivity contribution >= 4 is 5.69 Å². The number of ether oxygens (including phenoxy) is 1. The van der Waals surface area contributed by atoms with Crippen LogP contribution < -0.4 is 9.97 Å². The fourth-order valence-corrected chi connectivity index (χ4v) is 0.793. The molecule has 0 saturated heterocycles. The number of anilines is 1. The molecule has 0 aliphatic heterocycles. The third kappa shape index (κ3) is 2.25. The lowest BCUT2D eigenvalue weighted by atomic mass is 10.3. The fraction of sp³-hybridized carbons (Fsp3) is 0.143. The summed E-state index contributed by atoms with van der Waals surface area (Å²) in [6, 6.07) is 5.10. The third-order valence-corrected chi connectivity index (χ3v) is 1.42. The Hall–Kier alpha value is -1.43. The summed E-state index contributed by atoms with van der Waals surface area (Å²) in [6.07, 6.45) is 0. The van der Waals surface area contributed by atoms with Crippen LogP contribution in [-0.4, -0.2) is 12.6 Å². The Labute approximate surface area is 72.7 Å². The first kappa shape index (κ1) is 9.66. The van der Waals surface area contributed by atoms with Crippen molar-refractivity contribution < 1.29 is 18.2 Å². The number of hydrogen-bond acceptors (Lipinski definition) is 3. The molecule has 3 nitrogen and oxygen atoms in total. The summed E-state index contributed by atoms with van der Waals surface area (Å²) >= 11 is 0. The second-order valence-electron chi connectivity index (χ2n) is 2.17. The van der Waals surface area contributed by atoms with Gasteiger partial charge in [-0.1, -0.05) is 18.7 Å². The molecule has 0 spiro atoms. The predicted molar refractivity (Wildman–Crippen MR) is 40.6 cm³/mol. The largest absolute Gasteiger partial charge is 0.497 e. The molecule has 0 aromatic heterocycles. The number of hydrogen-bond donors (Lipinski definition) is 0. The predicted octanol–water partition coefficient (Wildman–Crippen LogP) is 2.37. The topological polar surface area (TPSA) is 15.7 Å². The zero-order chi connectivity index (χ0) is 9.84. The summed E-state index contributed by atoms with van der Waals surface area (Å²) in [4.78, 5) is 0. The second kappa shape index (κ2) is 3.99. The van der Waals surface area contributed by atoms with Gasteiger partial charge in [0.2, 0.25) is 0 Å². The average molecular weight is 192 g/mol. The summed E-state index contributed by atoms with van der Waals surface area (Å²) in [5.41, 5.74) is -1.92. The van der Waals surface area contributed by atoms with E-state index in [1.54, 1.807) is 0 Å². The van der Waals surface area contributed by atoms with Gasteiger partial charge in [-0.2, -0.15) is 0 Å². The Morgan fingerprint density at radius 2 is 1.62 bits per heavy atom. The highest BCUT2D eigenvalue weighted by atomic mass is 19.4. The lowest BCUT2D eigenvalue weighted by Crippen LogP contribution is -2.21. The molecule has 0 fully saturated rings. The van der Waals surface area contributed by atoms with Gasteiger partial charge in [-0.15, -0.1) is 0 Å². The van der Waals surface area contributed by atoms with Crippen LogP contribution in [0.2, 0.25) is 0 Å². The molecule has 0 aliphatic rings. The summed E-state index contributed by atoms with van der Waals surface area (Å²) < 4.78 is 40.5. The Morgan fingerprint density at radius 1 is 1.08 bits per heavy atom. The molecule has 0 atom stereocenters. The van der Waals surface area contributed by atoms with E-state index in [0.29, 0.717) is 5.75 Å². The number of nitrogens with zero attached hydrogens (tertiary/aromatic N) is 2. The van der Waals surface area contributed by atoms with E-state index < -0.39 is 10.7 Å². The highest BCUT2D eigenvalue weighted by molar-refractivity contribution is 5.45. The number of benzene rings is 1. The summed E-state index contributed by atoms with van der Waals surface area (Å²) in [5.74, 6) is 0.474. The zero-order valence-corrected chi connectivity index (χ0v) is 6.75. The number of halogens is 3. The van der Waals surface area contributed by atoms with E-state index in [0.717, 1.165) is 0 Å². The van der Waals surface area contributed by atoms with E-state index in [-0.39, 0.29) is 5.69 Å². The van der Waals surface area contributed by atoms with Crippen LogP contribution in [0, 0.1) is 0 Å². The van der Waals surface area contributed by atoms with Crippen LogP contribution in [0.5, 0.6) is 5.75 Å². The molecule has 0 aliphatic carbocycles. The standard InChI is InChI=1S/C7H7F3N2O/c1-13-7-4-2-6(3-5-7)11(8)12(9)10/h2-5H,1H3. The Balaban J connectivity index is 2.79. The van der Waals surface area contributed by atoms with Crippen LogP contribution in [0.4, 0.5) is 19.1 Å². The van der Waals surface area contributed by atoms with Crippen LogP contribution >= 0.6 is 0 Å². The van der Waals surface area contributed by atoms with E-state index in [2.05, 4.69) is 0 Å². The van der Waals surface area contributed by atoms with E-state index in [9.17, 15) is 13.4 Å². The number of methoxy groups -OCH3 is 1. The van der Waals surface area contributed by atoms with Crippen LogP contribution in [0.3, 0.4) is 0 Å². The van der Waals surface area contributed by atoms with Crippen LogP contribution in [0.15, 0.2) is 24.3 Å². The molecule has 72 valence electrons. The molecule has 13 heavy (non-hydrogen) atoms. The van der Waals surface area contributed by atoms with Crippen molar-refractivity contribution in [2.75, 3.05) is 12.3 Å². The Morgan fingerprint density at radius 3 is 2.00 bits per heavy atom. The smallest absolute Gasteiger partial charge is 0.151 e. The highest BCUT2D eigenvalue weighted by Crippen LogP contribution is 2.21. The third-order valence-electron chi connectivity index (χ3n) is 1.42. The molecule has 1 aromatic carbocycles. The van der Waals surface area contributed by atoms with Gasteiger partial charge in [-0.05, 0) is 24.3 Å². The molecule has 0 saturated carbocycles. The van der Waals surface area contributed by atoms with Crippen molar-refractivity contribution in [2.24, 2.45) is 0 Å². The molecule has 1 aromatic rings. The molecule has 0 heterocycles. The van der Waals surface area contributed by atoms with Gasteiger partial charge in [-0.3, -0.25) is 0 Å². The second-order valence-corrected chi connectivity index (χ2v) is 2.17. The van der Waals surface area contributed by atoms with Gasteiger partial charge in [0.05, 0.1) is 12.8 Å². The normalized spacial score (nSPS) is 10.2. The Bertz CT molecular complexity index is 265. The summed E-state index contributed by atoms with van der Waals surface area (Å²) in [5, 5.41) is -0.778. The molecular weight excluding hydrogens is 185 g/mol. The van der Waals surface area contributed by atoms with Crippen LogP contribution in [-0.2, 0) is 0 Å². The maximum atomic E-state index is 12.5. The van der Waals surface area contributed by atoms with Crippen LogP contribution in [0.25, 0.3) is 0 Å². The molecule has 1 rings (SSSR count). The number of rotatable bonds is 3. The molecule has 0 bridgehead atoms. The lowest BCUT2D eigenvalue weighted by Gasteiger charge is -2.11. The van der Waals surface area contributed by atoms with Crippen molar-refractivity contribution in [1.29, 1.82) is 0 Å². The zero-order valence-electron chi connectivity index (χ0n) is 6.75. The molecule has 0 amide bonds. The van der Waals surface area contributed by atoms with E-state index in [1.807, 2.05) is 0 Å². The molecule has 0 unspecified atom stereocenters.